The van der Waals surface area contributed by atoms with Crippen molar-refractivity contribution >= 4 is 21.8 Å². The zero-order valence-corrected chi connectivity index (χ0v) is 16.4. The molecule has 3 N–H and O–H groups in total. The van der Waals surface area contributed by atoms with Gasteiger partial charge in [-0.05, 0) is 30.7 Å². The van der Waals surface area contributed by atoms with Gasteiger partial charge in [0.1, 0.15) is 11.6 Å². The highest BCUT2D eigenvalue weighted by molar-refractivity contribution is 7.89. The number of nitrogens with zero attached hydrogens (tertiary/aromatic N) is 1. The normalized spacial score (nSPS) is 11.9. The van der Waals surface area contributed by atoms with Crippen molar-refractivity contribution in [3.63, 3.8) is 0 Å². The van der Waals surface area contributed by atoms with Gasteiger partial charge in [0.05, 0.1) is 10.5 Å². The number of sulfonamides is 1. The summed E-state index contributed by atoms with van der Waals surface area (Å²) in [5, 5.41) is 8.89. The fourth-order valence-corrected chi connectivity index (χ4v) is 3.37. The van der Waals surface area contributed by atoms with Crippen molar-refractivity contribution in [1.82, 2.24) is 4.72 Å². The van der Waals surface area contributed by atoms with E-state index < -0.39 is 28.4 Å². The van der Waals surface area contributed by atoms with Crippen molar-refractivity contribution in [2.45, 2.75) is 18.4 Å². The Morgan fingerprint density at radius 3 is 2.45 bits per heavy atom. The maximum atomic E-state index is 12.5. The summed E-state index contributed by atoms with van der Waals surface area (Å²) < 4.78 is 32.3. The van der Waals surface area contributed by atoms with Gasteiger partial charge in [-0.25, -0.2) is 17.9 Å². The van der Waals surface area contributed by atoms with Crippen molar-refractivity contribution in [1.29, 1.82) is 5.26 Å². The van der Waals surface area contributed by atoms with Crippen LogP contribution in [-0.2, 0) is 26.1 Å². The molecule has 29 heavy (non-hydrogen) atoms. The second kappa shape index (κ2) is 9.64. The maximum absolute atomic E-state index is 12.5. The molecule has 0 spiro atoms. The van der Waals surface area contributed by atoms with Gasteiger partial charge in [0, 0.05) is 12.2 Å². The van der Waals surface area contributed by atoms with E-state index in [1.54, 1.807) is 30.3 Å². The van der Waals surface area contributed by atoms with Gasteiger partial charge >= 0.3 is 5.97 Å². The largest absolute Gasteiger partial charge is 0.454 e. The summed E-state index contributed by atoms with van der Waals surface area (Å²) in [5.41, 5.74) is 5.88. The molecule has 0 fully saturated rings. The lowest BCUT2D eigenvalue weighted by Gasteiger charge is -2.09. The molecular weight excluding hydrogens is 394 g/mol. The molecule has 0 saturated heterocycles. The van der Waals surface area contributed by atoms with Crippen LogP contribution in [0.1, 0.15) is 22.8 Å². The number of carbonyl (C=O) groups is 2. The lowest BCUT2D eigenvalue weighted by atomic mass is 10.1. The molecule has 0 heterocycles. The van der Waals surface area contributed by atoms with Gasteiger partial charge in [0.15, 0.2) is 6.61 Å². The van der Waals surface area contributed by atoms with Crippen LogP contribution in [0.25, 0.3) is 0 Å². The Labute approximate surface area is 168 Å². The molecule has 2 aromatic carbocycles. The minimum Gasteiger partial charge on any atom is -0.454 e. The smallest absolute Gasteiger partial charge is 0.338 e. The number of rotatable bonds is 8. The third-order valence-electron chi connectivity index (χ3n) is 3.81. The van der Waals surface area contributed by atoms with E-state index in [2.05, 4.69) is 4.72 Å². The van der Waals surface area contributed by atoms with Crippen LogP contribution in [0.5, 0.6) is 0 Å². The van der Waals surface area contributed by atoms with Crippen LogP contribution in [0.4, 0.5) is 0 Å². The van der Waals surface area contributed by atoms with Gasteiger partial charge in [0.2, 0.25) is 15.8 Å². The Morgan fingerprint density at radius 1 is 1.14 bits per heavy atom. The molecule has 150 valence electrons. The van der Waals surface area contributed by atoms with Gasteiger partial charge in [0.25, 0.3) is 0 Å². The summed E-state index contributed by atoms with van der Waals surface area (Å²) in [6.07, 6.45) is 0. The van der Waals surface area contributed by atoms with Crippen LogP contribution >= 0.6 is 0 Å². The highest BCUT2D eigenvalue weighted by Gasteiger charge is 2.19. The van der Waals surface area contributed by atoms with E-state index >= 15 is 0 Å². The number of carbonyl (C=O) groups excluding carboxylic acids is 2. The fraction of sp³-hybridized carbons (Fsp3) is 0.150. The molecule has 0 bridgehead atoms. The second-order valence-electron chi connectivity index (χ2n) is 6.01. The first kappa shape index (κ1) is 21.8. The third-order valence-corrected chi connectivity index (χ3v) is 5.21. The summed E-state index contributed by atoms with van der Waals surface area (Å²) in [6.45, 7) is 0.794. The minimum absolute atomic E-state index is 0.0196. The van der Waals surface area contributed by atoms with Gasteiger partial charge in [-0.1, -0.05) is 36.4 Å². The van der Waals surface area contributed by atoms with Crippen LogP contribution in [0.15, 0.2) is 70.8 Å². The number of hydrogen-bond acceptors (Lipinski definition) is 7. The van der Waals surface area contributed by atoms with Crippen LogP contribution in [-0.4, -0.2) is 26.8 Å². The first-order valence-electron chi connectivity index (χ1n) is 8.45. The SMILES string of the molecule is CC(N)=C(C#N)C(=O)COC(=O)c1cccc(S(=O)(=O)NCc2ccccc2)c1. The first-order valence-corrected chi connectivity index (χ1v) is 9.93. The van der Waals surface area contributed by atoms with Crippen molar-refractivity contribution in [2.75, 3.05) is 6.61 Å². The molecule has 0 amide bonds. The van der Waals surface area contributed by atoms with E-state index in [4.69, 9.17) is 15.7 Å². The van der Waals surface area contributed by atoms with Gasteiger partial charge in [-0.3, -0.25) is 4.79 Å². The lowest BCUT2D eigenvalue weighted by Crippen LogP contribution is -2.23. The van der Waals surface area contributed by atoms with Crippen LogP contribution in [0, 0.1) is 11.3 Å². The number of esters is 1. The average molecular weight is 413 g/mol. The average Bonchev–Trinajstić information content (AvgIpc) is 2.71. The molecule has 2 rings (SSSR count). The van der Waals surface area contributed by atoms with E-state index in [9.17, 15) is 18.0 Å². The number of hydrogen-bond donors (Lipinski definition) is 2. The number of nitrogens with two attached hydrogens (primary N) is 1. The van der Waals surface area contributed by atoms with E-state index in [0.29, 0.717) is 0 Å². The second-order valence-corrected chi connectivity index (χ2v) is 7.77. The Morgan fingerprint density at radius 2 is 1.83 bits per heavy atom. The van der Waals surface area contributed by atoms with E-state index in [-0.39, 0.29) is 28.3 Å². The number of nitriles is 1. The molecule has 0 radical (unpaired) electrons. The third kappa shape index (κ3) is 6.00. The zero-order chi connectivity index (χ0) is 21.4. The van der Waals surface area contributed by atoms with E-state index in [1.165, 1.54) is 25.1 Å². The van der Waals surface area contributed by atoms with E-state index in [1.807, 2.05) is 6.07 Å². The first-order chi connectivity index (χ1) is 13.7. The molecule has 2 aromatic rings. The molecule has 0 atom stereocenters. The Balaban J connectivity index is 2.08. The molecule has 0 saturated carbocycles. The molecule has 0 aliphatic carbocycles. The molecule has 0 aliphatic heterocycles. The number of ether oxygens (including phenoxy) is 1. The quantitative estimate of drug-likeness (QED) is 0.381. The van der Waals surface area contributed by atoms with Crippen molar-refractivity contribution in [3.05, 3.63) is 77.0 Å². The van der Waals surface area contributed by atoms with Gasteiger partial charge < -0.3 is 10.5 Å². The molecular formula is C20H19N3O5S. The summed E-state index contributed by atoms with van der Waals surface area (Å²) in [7, 11) is -3.87. The lowest BCUT2D eigenvalue weighted by molar-refractivity contribution is -0.118. The molecule has 0 unspecified atom stereocenters. The molecule has 9 heteroatoms. The number of allylic oxidation sites excluding steroid dienone is 1. The fourth-order valence-electron chi connectivity index (χ4n) is 2.30. The number of ketones is 1. The Kier molecular flexibility index (Phi) is 7.25. The number of benzene rings is 2. The standard InChI is InChI=1S/C20H19N3O5S/c1-14(22)18(11-21)19(24)13-28-20(25)16-8-5-9-17(10-16)29(26,27)23-12-15-6-3-2-4-7-15/h2-10,23H,12-13,22H2,1H3. The van der Waals surface area contributed by atoms with E-state index in [0.717, 1.165) is 11.6 Å². The van der Waals surface area contributed by atoms with Crippen molar-refractivity contribution in [3.8, 4) is 6.07 Å². The van der Waals surface area contributed by atoms with Crippen molar-refractivity contribution in [2.24, 2.45) is 5.73 Å². The summed E-state index contributed by atoms with van der Waals surface area (Å²) in [4.78, 5) is 23.9. The van der Waals surface area contributed by atoms with Gasteiger partial charge in [-0.2, -0.15) is 5.26 Å². The predicted molar refractivity (Wildman–Crippen MR) is 105 cm³/mol. The summed E-state index contributed by atoms with van der Waals surface area (Å²) in [5.74, 6) is -1.64. The zero-order valence-electron chi connectivity index (χ0n) is 15.6. The van der Waals surface area contributed by atoms with Crippen LogP contribution in [0.3, 0.4) is 0 Å². The summed E-state index contributed by atoms with van der Waals surface area (Å²) >= 11 is 0. The molecule has 0 aliphatic rings. The molecule has 8 nitrogen and oxygen atoms in total. The number of nitrogens with one attached hydrogen (secondary N) is 1. The summed E-state index contributed by atoms with van der Waals surface area (Å²) in [6, 6.07) is 15.8. The highest BCUT2D eigenvalue weighted by Crippen LogP contribution is 2.13. The van der Waals surface area contributed by atoms with Gasteiger partial charge in [-0.15, -0.1) is 0 Å². The highest BCUT2D eigenvalue weighted by atomic mass is 32.2. The minimum atomic E-state index is -3.87. The monoisotopic (exact) mass is 413 g/mol. The Bertz CT molecular complexity index is 1080. The maximum Gasteiger partial charge on any atom is 0.338 e. The Hall–Kier alpha value is -3.48. The number of Topliss-reactive ketones (excluding diaryl/α,β-unsaturated/α-hetero) is 1. The molecule has 0 aromatic heterocycles. The van der Waals surface area contributed by atoms with Crippen LogP contribution in [0.2, 0.25) is 0 Å². The van der Waals surface area contributed by atoms with Crippen LogP contribution < -0.4 is 10.5 Å². The predicted octanol–water partition coefficient (Wildman–Crippen LogP) is 1.65. The van der Waals surface area contributed by atoms with Crippen molar-refractivity contribution < 1.29 is 22.7 Å². The topological polar surface area (TPSA) is 139 Å².